The van der Waals surface area contributed by atoms with Crippen molar-refractivity contribution in [3.05, 3.63) is 0 Å². The molecular weight excluding hydrogens is 230 g/mol. The maximum atomic E-state index is 12.0. The molecule has 3 atom stereocenters. The number of unbranched alkanes of at least 4 members (excludes halogenated alkanes) is 1. The van der Waals surface area contributed by atoms with E-state index >= 15 is 0 Å². The Morgan fingerprint density at radius 2 is 1.78 bits per heavy atom. The van der Waals surface area contributed by atoms with Crippen LogP contribution in [0.25, 0.3) is 0 Å². The van der Waals surface area contributed by atoms with Crippen molar-refractivity contribution in [2.45, 2.75) is 65.8 Å². The number of carbonyl (C=O) groups excluding carboxylic acids is 1. The van der Waals surface area contributed by atoms with Crippen LogP contribution in [-0.2, 0) is 9.59 Å². The van der Waals surface area contributed by atoms with E-state index in [1.807, 2.05) is 20.8 Å². The van der Waals surface area contributed by atoms with Gasteiger partial charge >= 0.3 is 5.97 Å². The maximum absolute atomic E-state index is 12.0. The van der Waals surface area contributed by atoms with E-state index in [2.05, 4.69) is 12.2 Å². The summed E-state index contributed by atoms with van der Waals surface area (Å²) in [6, 6.07) is -0.766. The second kappa shape index (κ2) is 8.95. The summed E-state index contributed by atoms with van der Waals surface area (Å²) in [7, 11) is 0. The van der Waals surface area contributed by atoms with Crippen molar-refractivity contribution in [3.8, 4) is 0 Å². The van der Waals surface area contributed by atoms with Gasteiger partial charge in [0.05, 0.1) is 0 Å². The number of amides is 1. The summed E-state index contributed by atoms with van der Waals surface area (Å²) in [5, 5.41) is 11.8. The Balaban J connectivity index is 4.51. The third-order valence-corrected chi connectivity index (χ3v) is 3.55. The number of rotatable bonds is 9. The first-order valence-electron chi connectivity index (χ1n) is 7.00. The molecule has 0 aliphatic rings. The van der Waals surface area contributed by atoms with Crippen molar-refractivity contribution in [2.24, 2.45) is 11.8 Å². The summed E-state index contributed by atoms with van der Waals surface area (Å²) < 4.78 is 0. The average molecular weight is 257 g/mol. The molecule has 4 heteroatoms. The molecule has 0 aliphatic carbocycles. The van der Waals surface area contributed by atoms with Gasteiger partial charge in [-0.15, -0.1) is 0 Å². The Bertz CT molecular complexity index is 266. The molecule has 0 aliphatic heterocycles. The minimum Gasteiger partial charge on any atom is -0.480 e. The molecule has 106 valence electrons. The zero-order valence-corrected chi connectivity index (χ0v) is 12.0. The summed E-state index contributed by atoms with van der Waals surface area (Å²) >= 11 is 0. The van der Waals surface area contributed by atoms with Gasteiger partial charge in [0.2, 0.25) is 5.91 Å². The highest BCUT2D eigenvalue weighted by Gasteiger charge is 2.27. The monoisotopic (exact) mass is 257 g/mol. The van der Waals surface area contributed by atoms with Gasteiger partial charge in [0, 0.05) is 5.92 Å². The van der Waals surface area contributed by atoms with Gasteiger partial charge in [0.1, 0.15) is 6.04 Å². The van der Waals surface area contributed by atoms with Crippen LogP contribution in [0.1, 0.15) is 59.8 Å². The van der Waals surface area contributed by atoms with Crippen LogP contribution in [0, 0.1) is 11.8 Å². The second-order valence-electron chi connectivity index (χ2n) is 4.96. The van der Waals surface area contributed by atoms with E-state index in [9.17, 15) is 9.59 Å². The number of nitrogens with one attached hydrogen (secondary N) is 1. The molecular formula is C14H27NO3. The number of aliphatic carboxylic acids is 1. The minimum atomic E-state index is -0.942. The van der Waals surface area contributed by atoms with Gasteiger partial charge in [-0.05, 0) is 18.8 Å². The van der Waals surface area contributed by atoms with Crippen LogP contribution in [-0.4, -0.2) is 23.0 Å². The zero-order valence-electron chi connectivity index (χ0n) is 12.0. The number of carboxylic acid groups (broad SMARTS) is 1. The van der Waals surface area contributed by atoms with Crippen molar-refractivity contribution in [2.75, 3.05) is 0 Å². The lowest BCUT2D eigenvalue weighted by atomic mass is 9.95. The summed E-state index contributed by atoms with van der Waals surface area (Å²) in [6.07, 6.45) is 4.40. The van der Waals surface area contributed by atoms with Gasteiger partial charge in [-0.3, -0.25) is 4.79 Å². The van der Waals surface area contributed by atoms with Gasteiger partial charge in [-0.2, -0.15) is 0 Å². The molecule has 18 heavy (non-hydrogen) atoms. The molecule has 1 unspecified atom stereocenters. The minimum absolute atomic E-state index is 0.0462. The third kappa shape index (κ3) is 5.52. The van der Waals surface area contributed by atoms with Crippen LogP contribution < -0.4 is 5.32 Å². The summed E-state index contributed by atoms with van der Waals surface area (Å²) in [5.74, 6) is -1.16. The van der Waals surface area contributed by atoms with Crippen LogP contribution in [0.15, 0.2) is 0 Å². The topological polar surface area (TPSA) is 66.4 Å². The standard InChI is InChI=1S/C14H27NO3/c1-5-8-9-11(7-3)13(16)15-12(14(17)18)10(4)6-2/h10-12H,5-9H2,1-4H3,(H,15,16)(H,17,18)/t10-,11?,12-/m0/s1. The van der Waals surface area contributed by atoms with Gasteiger partial charge in [-0.1, -0.05) is 47.0 Å². The second-order valence-corrected chi connectivity index (χ2v) is 4.96. The van der Waals surface area contributed by atoms with Crippen molar-refractivity contribution in [1.82, 2.24) is 5.32 Å². The molecule has 0 fully saturated rings. The lowest BCUT2D eigenvalue weighted by Crippen LogP contribution is -2.47. The Labute approximate surface area is 110 Å². The molecule has 0 aromatic rings. The number of carboxylic acids is 1. The van der Waals surface area contributed by atoms with Crippen molar-refractivity contribution >= 4 is 11.9 Å². The Morgan fingerprint density at radius 3 is 2.17 bits per heavy atom. The van der Waals surface area contributed by atoms with Crippen LogP contribution in [0.4, 0.5) is 0 Å². The first kappa shape index (κ1) is 16.9. The smallest absolute Gasteiger partial charge is 0.326 e. The molecule has 0 bridgehead atoms. The molecule has 0 saturated heterocycles. The molecule has 0 spiro atoms. The third-order valence-electron chi connectivity index (χ3n) is 3.55. The van der Waals surface area contributed by atoms with Gasteiger partial charge in [0.15, 0.2) is 0 Å². The fraction of sp³-hybridized carbons (Fsp3) is 0.857. The molecule has 0 saturated carbocycles. The highest BCUT2D eigenvalue weighted by molar-refractivity contribution is 5.85. The number of carbonyl (C=O) groups is 2. The fourth-order valence-corrected chi connectivity index (χ4v) is 1.93. The quantitative estimate of drug-likeness (QED) is 0.667. The Hall–Kier alpha value is -1.06. The molecule has 4 nitrogen and oxygen atoms in total. The summed E-state index contributed by atoms with van der Waals surface area (Å²) in [6.45, 7) is 7.84. The van der Waals surface area contributed by atoms with E-state index in [4.69, 9.17) is 5.11 Å². The van der Waals surface area contributed by atoms with Crippen LogP contribution in [0.3, 0.4) is 0 Å². The van der Waals surface area contributed by atoms with E-state index in [0.717, 1.165) is 32.1 Å². The zero-order chi connectivity index (χ0) is 14.1. The molecule has 0 aromatic carbocycles. The van der Waals surface area contributed by atoms with Gasteiger partial charge in [-0.25, -0.2) is 4.79 Å². The first-order chi connectivity index (χ1) is 8.47. The van der Waals surface area contributed by atoms with Crippen LogP contribution >= 0.6 is 0 Å². The molecule has 0 heterocycles. The normalized spacial score (nSPS) is 15.8. The van der Waals surface area contributed by atoms with E-state index in [0.29, 0.717) is 0 Å². The molecule has 0 rings (SSSR count). The fourth-order valence-electron chi connectivity index (χ4n) is 1.93. The lowest BCUT2D eigenvalue weighted by molar-refractivity contribution is -0.144. The predicted octanol–water partition coefficient (Wildman–Crippen LogP) is 2.82. The Morgan fingerprint density at radius 1 is 1.17 bits per heavy atom. The van der Waals surface area contributed by atoms with Gasteiger partial charge in [0.25, 0.3) is 0 Å². The van der Waals surface area contributed by atoms with Crippen LogP contribution in [0.2, 0.25) is 0 Å². The van der Waals surface area contributed by atoms with Crippen molar-refractivity contribution in [3.63, 3.8) is 0 Å². The highest BCUT2D eigenvalue weighted by atomic mass is 16.4. The van der Waals surface area contributed by atoms with Gasteiger partial charge < -0.3 is 10.4 Å². The first-order valence-corrected chi connectivity index (χ1v) is 7.00. The van der Waals surface area contributed by atoms with Crippen molar-refractivity contribution < 1.29 is 14.7 Å². The number of hydrogen-bond donors (Lipinski definition) is 2. The van der Waals surface area contributed by atoms with E-state index in [1.165, 1.54) is 0 Å². The maximum Gasteiger partial charge on any atom is 0.326 e. The number of hydrogen-bond acceptors (Lipinski definition) is 2. The Kier molecular flexibility index (Phi) is 8.42. The molecule has 1 amide bonds. The van der Waals surface area contributed by atoms with E-state index in [-0.39, 0.29) is 17.7 Å². The van der Waals surface area contributed by atoms with E-state index < -0.39 is 12.0 Å². The predicted molar refractivity (Wildman–Crippen MR) is 72.3 cm³/mol. The van der Waals surface area contributed by atoms with Crippen molar-refractivity contribution in [1.29, 1.82) is 0 Å². The molecule has 0 aromatic heterocycles. The SMILES string of the molecule is CCCCC(CC)C(=O)N[C@H](C(=O)O)[C@@H](C)CC. The molecule has 0 radical (unpaired) electrons. The largest absolute Gasteiger partial charge is 0.480 e. The van der Waals surface area contributed by atoms with Crippen LogP contribution in [0.5, 0.6) is 0 Å². The average Bonchev–Trinajstić information content (AvgIpc) is 2.35. The summed E-state index contributed by atoms with van der Waals surface area (Å²) in [5.41, 5.74) is 0. The lowest BCUT2D eigenvalue weighted by Gasteiger charge is -2.23. The highest BCUT2D eigenvalue weighted by Crippen LogP contribution is 2.15. The van der Waals surface area contributed by atoms with E-state index in [1.54, 1.807) is 0 Å². The molecule has 2 N–H and O–H groups in total. The summed E-state index contributed by atoms with van der Waals surface area (Å²) in [4.78, 5) is 23.2.